The van der Waals surface area contributed by atoms with Gasteiger partial charge < -0.3 is 9.88 Å². The van der Waals surface area contributed by atoms with Gasteiger partial charge in [0.2, 0.25) is 0 Å². The summed E-state index contributed by atoms with van der Waals surface area (Å²) in [4.78, 5) is 4.63. The van der Waals surface area contributed by atoms with Crippen LogP contribution >= 0.6 is 0 Å². The highest BCUT2D eigenvalue weighted by Crippen LogP contribution is 2.13. The van der Waals surface area contributed by atoms with Crippen LogP contribution in [0.4, 0.5) is 0 Å². The van der Waals surface area contributed by atoms with Crippen LogP contribution < -0.4 is 5.32 Å². The van der Waals surface area contributed by atoms with E-state index in [2.05, 4.69) is 33.1 Å². The van der Waals surface area contributed by atoms with E-state index in [0.29, 0.717) is 0 Å². The van der Waals surface area contributed by atoms with Gasteiger partial charge in [0.25, 0.3) is 0 Å². The Kier molecular flexibility index (Phi) is 3.05. The summed E-state index contributed by atoms with van der Waals surface area (Å²) >= 11 is 0. The smallest absolute Gasteiger partial charge is 0.123 e. The Morgan fingerprint density at radius 1 is 1.16 bits per heavy atom. The third kappa shape index (κ3) is 2.37. The molecular weight excluding hydrogens is 238 g/mol. The number of rotatable bonds is 4. The van der Waals surface area contributed by atoms with Crippen molar-refractivity contribution in [2.24, 2.45) is 14.1 Å². The van der Waals surface area contributed by atoms with E-state index >= 15 is 0 Å². The maximum absolute atomic E-state index is 4.63. The second kappa shape index (κ2) is 4.85. The zero-order valence-corrected chi connectivity index (χ0v) is 11.2. The van der Waals surface area contributed by atoms with Crippen LogP contribution in [-0.4, -0.2) is 19.3 Å². The predicted octanol–water partition coefficient (Wildman–Crippen LogP) is 1.60. The lowest BCUT2D eigenvalue weighted by Crippen LogP contribution is -2.15. The summed E-state index contributed by atoms with van der Waals surface area (Å²) in [5.41, 5.74) is 3.39. The van der Waals surface area contributed by atoms with Crippen LogP contribution in [0.1, 0.15) is 11.4 Å². The molecule has 3 aromatic rings. The van der Waals surface area contributed by atoms with E-state index in [0.717, 1.165) is 24.4 Å². The standard InChI is InChI=1S/C14H17N5/c1-18-10-11(8-16-18)7-15-9-14-17-12-5-3-4-6-13(12)19(14)2/h3-6,8,10,15H,7,9H2,1-2H3. The van der Waals surface area contributed by atoms with Gasteiger partial charge in [-0.25, -0.2) is 4.98 Å². The van der Waals surface area contributed by atoms with E-state index in [1.54, 1.807) is 0 Å². The first-order valence-corrected chi connectivity index (χ1v) is 6.32. The summed E-state index contributed by atoms with van der Waals surface area (Å²) in [6, 6.07) is 8.19. The van der Waals surface area contributed by atoms with Crippen LogP contribution in [0.25, 0.3) is 11.0 Å². The first kappa shape index (κ1) is 11.9. The van der Waals surface area contributed by atoms with Crippen LogP contribution in [-0.2, 0) is 27.2 Å². The molecule has 0 aliphatic rings. The first-order valence-electron chi connectivity index (χ1n) is 6.32. The summed E-state index contributed by atoms with van der Waals surface area (Å²) in [7, 11) is 3.98. The van der Waals surface area contributed by atoms with Crippen LogP contribution in [0.3, 0.4) is 0 Å². The largest absolute Gasteiger partial charge is 0.330 e. The normalized spacial score (nSPS) is 11.3. The molecule has 19 heavy (non-hydrogen) atoms. The second-order valence-electron chi connectivity index (χ2n) is 4.70. The highest BCUT2D eigenvalue weighted by molar-refractivity contribution is 5.75. The molecule has 2 heterocycles. The van der Waals surface area contributed by atoms with E-state index in [9.17, 15) is 0 Å². The third-order valence-corrected chi connectivity index (χ3v) is 3.25. The van der Waals surface area contributed by atoms with Gasteiger partial charge in [-0.3, -0.25) is 4.68 Å². The molecule has 0 unspecified atom stereocenters. The van der Waals surface area contributed by atoms with Crippen molar-refractivity contribution in [1.82, 2.24) is 24.6 Å². The zero-order valence-electron chi connectivity index (χ0n) is 11.2. The van der Waals surface area contributed by atoms with E-state index in [-0.39, 0.29) is 0 Å². The number of aryl methyl sites for hydroxylation is 2. The Hall–Kier alpha value is -2.14. The minimum Gasteiger partial charge on any atom is -0.330 e. The number of hydrogen-bond donors (Lipinski definition) is 1. The molecule has 2 aromatic heterocycles. The number of nitrogens with one attached hydrogen (secondary N) is 1. The van der Waals surface area contributed by atoms with Gasteiger partial charge in [-0.2, -0.15) is 5.10 Å². The van der Waals surface area contributed by atoms with E-state index in [4.69, 9.17) is 0 Å². The molecule has 0 saturated heterocycles. The number of aromatic nitrogens is 4. The molecule has 0 amide bonds. The third-order valence-electron chi connectivity index (χ3n) is 3.25. The molecule has 0 aliphatic carbocycles. The van der Waals surface area contributed by atoms with Crippen LogP contribution in [0.2, 0.25) is 0 Å². The lowest BCUT2D eigenvalue weighted by atomic mass is 10.3. The lowest BCUT2D eigenvalue weighted by Gasteiger charge is -2.03. The van der Waals surface area contributed by atoms with Gasteiger partial charge in [0.15, 0.2) is 0 Å². The maximum atomic E-state index is 4.63. The summed E-state index contributed by atoms with van der Waals surface area (Å²) in [6.07, 6.45) is 3.89. The quantitative estimate of drug-likeness (QED) is 0.770. The Bertz CT molecular complexity index is 695. The lowest BCUT2D eigenvalue weighted by molar-refractivity contribution is 0.643. The Morgan fingerprint density at radius 3 is 2.74 bits per heavy atom. The maximum Gasteiger partial charge on any atom is 0.123 e. The predicted molar refractivity (Wildman–Crippen MR) is 74.5 cm³/mol. The van der Waals surface area contributed by atoms with Gasteiger partial charge in [-0.1, -0.05) is 12.1 Å². The van der Waals surface area contributed by atoms with Gasteiger partial charge >= 0.3 is 0 Å². The number of nitrogens with zero attached hydrogens (tertiary/aromatic N) is 4. The minimum atomic E-state index is 0.750. The van der Waals surface area contributed by atoms with Crippen molar-refractivity contribution < 1.29 is 0 Å². The molecule has 98 valence electrons. The molecule has 0 spiro atoms. The van der Waals surface area contributed by atoms with Gasteiger partial charge in [-0.15, -0.1) is 0 Å². The highest BCUT2D eigenvalue weighted by atomic mass is 15.2. The van der Waals surface area contributed by atoms with Crippen molar-refractivity contribution >= 4 is 11.0 Å². The first-order chi connectivity index (χ1) is 9.24. The fraction of sp³-hybridized carbons (Fsp3) is 0.286. The van der Waals surface area contributed by atoms with E-state index < -0.39 is 0 Å². The van der Waals surface area contributed by atoms with Crippen molar-refractivity contribution in [3.8, 4) is 0 Å². The molecule has 1 aromatic carbocycles. The zero-order chi connectivity index (χ0) is 13.2. The van der Waals surface area contributed by atoms with Crippen molar-refractivity contribution in [1.29, 1.82) is 0 Å². The van der Waals surface area contributed by atoms with Crippen LogP contribution in [0.5, 0.6) is 0 Å². The molecule has 0 radical (unpaired) electrons. The average molecular weight is 255 g/mol. The highest BCUT2D eigenvalue weighted by Gasteiger charge is 2.06. The number of imidazole rings is 1. The average Bonchev–Trinajstić information content (AvgIpc) is 2.96. The molecule has 0 bridgehead atoms. The topological polar surface area (TPSA) is 47.7 Å². The van der Waals surface area contributed by atoms with Crippen LogP contribution in [0.15, 0.2) is 36.7 Å². The number of fused-ring (bicyclic) bond motifs is 1. The Balaban J connectivity index is 1.70. The van der Waals surface area contributed by atoms with Crippen molar-refractivity contribution in [3.05, 3.63) is 48.0 Å². The second-order valence-corrected chi connectivity index (χ2v) is 4.70. The van der Waals surface area contributed by atoms with Crippen molar-refractivity contribution in [3.63, 3.8) is 0 Å². The van der Waals surface area contributed by atoms with E-state index in [1.165, 1.54) is 11.1 Å². The number of hydrogen-bond acceptors (Lipinski definition) is 3. The molecule has 5 heteroatoms. The molecule has 1 N–H and O–H groups in total. The molecule has 5 nitrogen and oxygen atoms in total. The molecule has 0 aliphatic heterocycles. The molecule has 0 saturated carbocycles. The van der Waals surface area contributed by atoms with Gasteiger partial charge in [-0.05, 0) is 12.1 Å². The summed E-state index contributed by atoms with van der Waals surface area (Å²) in [5.74, 6) is 1.05. The Morgan fingerprint density at radius 2 is 2.00 bits per heavy atom. The van der Waals surface area contributed by atoms with Crippen LogP contribution in [0, 0.1) is 0 Å². The fourth-order valence-electron chi connectivity index (χ4n) is 2.24. The van der Waals surface area contributed by atoms with Crippen molar-refractivity contribution in [2.75, 3.05) is 0 Å². The molecular formula is C14H17N5. The molecule has 3 rings (SSSR count). The van der Waals surface area contributed by atoms with Gasteiger partial charge in [0.1, 0.15) is 5.82 Å². The monoisotopic (exact) mass is 255 g/mol. The minimum absolute atomic E-state index is 0.750. The number of para-hydroxylation sites is 2. The Labute approximate surface area is 111 Å². The fourth-order valence-corrected chi connectivity index (χ4v) is 2.24. The van der Waals surface area contributed by atoms with Crippen molar-refractivity contribution in [2.45, 2.75) is 13.1 Å². The molecule has 0 fully saturated rings. The summed E-state index contributed by atoms with van der Waals surface area (Å²) in [6.45, 7) is 1.55. The summed E-state index contributed by atoms with van der Waals surface area (Å²) < 4.78 is 3.94. The SMILES string of the molecule is Cn1cc(CNCc2nc3ccccc3n2C)cn1. The van der Waals surface area contributed by atoms with E-state index in [1.807, 2.05) is 42.3 Å². The van der Waals surface area contributed by atoms with Gasteiger partial charge in [0, 0.05) is 32.4 Å². The van der Waals surface area contributed by atoms with Gasteiger partial charge in [0.05, 0.1) is 23.8 Å². The molecule has 0 atom stereocenters. The summed E-state index contributed by atoms with van der Waals surface area (Å²) in [5, 5.41) is 7.55. The number of benzene rings is 1.